The summed E-state index contributed by atoms with van der Waals surface area (Å²) in [6.45, 7) is 0. The normalized spacial score (nSPS) is 15.3. The Morgan fingerprint density at radius 3 is 2.70 bits per heavy atom. The van der Waals surface area contributed by atoms with E-state index >= 15 is 0 Å². The molecule has 20 heavy (non-hydrogen) atoms. The molecule has 0 bridgehead atoms. The third-order valence-corrected chi connectivity index (χ3v) is 3.73. The predicted molar refractivity (Wildman–Crippen MR) is 76.8 cm³/mol. The van der Waals surface area contributed by atoms with Crippen molar-refractivity contribution in [2.75, 3.05) is 7.11 Å². The summed E-state index contributed by atoms with van der Waals surface area (Å²) in [6.07, 6.45) is 5.03. The van der Waals surface area contributed by atoms with Crippen molar-refractivity contribution < 1.29 is 19.4 Å². The Labute approximate surface area is 123 Å². The monoisotopic (exact) mass is 298 g/mol. The third kappa shape index (κ3) is 3.79. The summed E-state index contributed by atoms with van der Waals surface area (Å²) < 4.78 is 11.4. The molecule has 0 saturated heterocycles. The van der Waals surface area contributed by atoms with Crippen LogP contribution in [-0.2, 0) is 11.2 Å². The van der Waals surface area contributed by atoms with Gasteiger partial charge in [0.05, 0.1) is 13.2 Å². The zero-order chi connectivity index (χ0) is 14.5. The largest absolute Gasteiger partial charge is 0.493 e. The SMILES string of the molecule is COc1cc(Cl)cc(CCC(=O)O)c1OC1CCCC1. The first-order valence-electron chi connectivity index (χ1n) is 6.85. The van der Waals surface area contributed by atoms with Gasteiger partial charge in [-0.05, 0) is 38.2 Å². The van der Waals surface area contributed by atoms with Crippen molar-refractivity contribution in [3.05, 3.63) is 22.7 Å². The third-order valence-electron chi connectivity index (χ3n) is 3.51. The van der Waals surface area contributed by atoms with Gasteiger partial charge in [-0.2, -0.15) is 0 Å². The summed E-state index contributed by atoms with van der Waals surface area (Å²) in [5.74, 6) is 0.380. The summed E-state index contributed by atoms with van der Waals surface area (Å²) in [7, 11) is 1.56. The molecule has 5 heteroatoms. The number of methoxy groups -OCH3 is 1. The van der Waals surface area contributed by atoms with E-state index in [2.05, 4.69) is 0 Å². The molecule has 0 amide bonds. The van der Waals surface area contributed by atoms with Crippen LogP contribution in [0.3, 0.4) is 0 Å². The Morgan fingerprint density at radius 1 is 1.40 bits per heavy atom. The highest BCUT2D eigenvalue weighted by atomic mass is 35.5. The summed E-state index contributed by atoms with van der Waals surface area (Å²) in [6, 6.07) is 3.47. The zero-order valence-electron chi connectivity index (χ0n) is 11.5. The summed E-state index contributed by atoms with van der Waals surface area (Å²) in [5.41, 5.74) is 0.795. The van der Waals surface area contributed by atoms with Crippen molar-refractivity contribution in [3.8, 4) is 11.5 Å². The van der Waals surface area contributed by atoms with Gasteiger partial charge in [0.1, 0.15) is 0 Å². The van der Waals surface area contributed by atoms with Gasteiger partial charge >= 0.3 is 5.97 Å². The smallest absolute Gasteiger partial charge is 0.303 e. The van der Waals surface area contributed by atoms with Crippen LogP contribution in [0.4, 0.5) is 0 Å². The zero-order valence-corrected chi connectivity index (χ0v) is 12.3. The first-order valence-corrected chi connectivity index (χ1v) is 7.23. The highest BCUT2D eigenvalue weighted by Gasteiger charge is 2.21. The van der Waals surface area contributed by atoms with Crippen LogP contribution in [0.1, 0.15) is 37.7 Å². The summed E-state index contributed by atoms with van der Waals surface area (Å²) in [4.78, 5) is 10.8. The maximum Gasteiger partial charge on any atom is 0.303 e. The number of rotatable bonds is 6. The fraction of sp³-hybridized carbons (Fsp3) is 0.533. The number of aryl methyl sites for hydroxylation is 1. The molecule has 0 atom stereocenters. The Hall–Kier alpha value is -1.42. The topological polar surface area (TPSA) is 55.8 Å². The Morgan fingerprint density at radius 2 is 2.10 bits per heavy atom. The highest BCUT2D eigenvalue weighted by molar-refractivity contribution is 6.30. The van der Waals surface area contributed by atoms with Gasteiger partial charge in [0, 0.05) is 23.1 Å². The molecule has 1 aromatic carbocycles. The van der Waals surface area contributed by atoms with E-state index in [-0.39, 0.29) is 12.5 Å². The van der Waals surface area contributed by atoms with Crippen LogP contribution < -0.4 is 9.47 Å². The number of carboxylic acid groups (broad SMARTS) is 1. The second-order valence-corrected chi connectivity index (χ2v) is 5.45. The summed E-state index contributed by atoms with van der Waals surface area (Å²) in [5, 5.41) is 9.37. The molecule has 0 unspecified atom stereocenters. The number of hydrogen-bond donors (Lipinski definition) is 1. The minimum Gasteiger partial charge on any atom is -0.493 e. The van der Waals surface area contributed by atoms with Crippen molar-refractivity contribution in [1.29, 1.82) is 0 Å². The molecule has 1 fully saturated rings. The van der Waals surface area contributed by atoms with Crippen molar-refractivity contribution >= 4 is 17.6 Å². The van der Waals surface area contributed by atoms with Crippen molar-refractivity contribution in [2.24, 2.45) is 0 Å². The quantitative estimate of drug-likeness (QED) is 0.870. The average molecular weight is 299 g/mol. The van der Waals surface area contributed by atoms with E-state index in [1.807, 2.05) is 0 Å². The Balaban J connectivity index is 2.25. The van der Waals surface area contributed by atoms with Crippen molar-refractivity contribution in [1.82, 2.24) is 0 Å². The average Bonchev–Trinajstić information content (AvgIpc) is 2.91. The second kappa shape index (κ2) is 6.84. The van der Waals surface area contributed by atoms with E-state index in [0.717, 1.165) is 18.4 Å². The Bertz CT molecular complexity index is 481. The fourth-order valence-electron chi connectivity index (χ4n) is 2.51. The first-order chi connectivity index (χ1) is 9.60. The molecule has 4 nitrogen and oxygen atoms in total. The van der Waals surface area contributed by atoms with Gasteiger partial charge in [-0.3, -0.25) is 4.79 Å². The molecule has 0 aliphatic heterocycles. The molecule has 1 aliphatic carbocycles. The van der Waals surface area contributed by atoms with Crippen LogP contribution in [0, 0.1) is 0 Å². The van der Waals surface area contributed by atoms with Gasteiger partial charge in [-0.1, -0.05) is 11.6 Å². The second-order valence-electron chi connectivity index (χ2n) is 5.01. The standard InChI is InChI=1S/C15H19ClO4/c1-19-13-9-11(16)8-10(6-7-14(17)18)15(13)20-12-4-2-3-5-12/h8-9,12H,2-7H2,1H3,(H,17,18). The lowest BCUT2D eigenvalue weighted by Gasteiger charge is -2.19. The lowest BCUT2D eigenvalue weighted by atomic mass is 10.1. The summed E-state index contributed by atoms with van der Waals surface area (Å²) >= 11 is 6.05. The van der Waals surface area contributed by atoms with Crippen LogP contribution in [0.25, 0.3) is 0 Å². The van der Waals surface area contributed by atoms with Crippen LogP contribution >= 0.6 is 11.6 Å². The number of aliphatic carboxylic acids is 1. The van der Waals surface area contributed by atoms with E-state index in [1.165, 1.54) is 12.8 Å². The van der Waals surface area contributed by atoms with E-state index in [1.54, 1.807) is 19.2 Å². The Kier molecular flexibility index (Phi) is 5.12. The molecule has 0 radical (unpaired) electrons. The van der Waals surface area contributed by atoms with E-state index in [0.29, 0.717) is 22.9 Å². The van der Waals surface area contributed by atoms with Gasteiger partial charge < -0.3 is 14.6 Å². The molecular weight excluding hydrogens is 280 g/mol. The van der Waals surface area contributed by atoms with Crippen LogP contribution in [0.2, 0.25) is 5.02 Å². The van der Waals surface area contributed by atoms with Gasteiger partial charge in [0.2, 0.25) is 0 Å². The van der Waals surface area contributed by atoms with Crippen LogP contribution in [-0.4, -0.2) is 24.3 Å². The molecule has 2 rings (SSSR count). The number of halogens is 1. The number of carbonyl (C=O) groups is 1. The number of carboxylic acids is 1. The van der Waals surface area contributed by atoms with E-state index < -0.39 is 5.97 Å². The lowest BCUT2D eigenvalue weighted by Crippen LogP contribution is -2.13. The van der Waals surface area contributed by atoms with E-state index in [9.17, 15) is 4.79 Å². The van der Waals surface area contributed by atoms with Crippen molar-refractivity contribution in [2.45, 2.75) is 44.6 Å². The van der Waals surface area contributed by atoms with E-state index in [4.69, 9.17) is 26.2 Å². The number of benzene rings is 1. The van der Waals surface area contributed by atoms with Gasteiger partial charge in [-0.15, -0.1) is 0 Å². The van der Waals surface area contributed by atoms with Crippen molar-refractivity contribution in [3.63, 3.8) is 0 Å². The molecule has 0 spiro atoms. The molecular formula is C15H19ClO4. The number of hydrogen-bond acceptors (Lipinski definition) is 3. The molecule has 110 valence electrons. The van der Waals surface area contributed by atoms with Gasteiger partial charge in [0.15, 0.2) is 11.5 Å². The molecule has 0 aromatic heterocycles. The van der Waals surface area contributed by atoms with Gasteiger partial charge in [0.25, 0.3) is 0 Å². The van der Waals surface area contributed by atoms with Crippen LogP contribution in [0.5, 0.6) is 11.5 Å². The maximum absolute atomic E-state index is 10.8. The minimum absolute atomic E-state index is 0.0462. The first kappa shape index (κ1) is 15.0. The number of ether oxygens (including phenoxy) is 2. The lowest BCUT2D eigenvalue weighted by molar-refractivity contribution is -0.136. The molecule has 1 aliphatic rings. The molecule has 1 N–H and O–H groups in total. The molecule has 1 saturated carbocycles. The highest BCUT2D eigenvalue weighted by Crippen LogP contribution is 2.38. The molecule has 0 heterocycles. The fourth-order valence-corrected chi connectivity index (χ4v) is 2.74. The maximum atomic E-state index is 10.8. The molecule has 1 aromatic rings. The van der Waals surface area contributed by atoms with Gasteiger partial charge in [-0.25, -0.2) is 0 Å². The predicted octanol–water partition coefficient (Wildman–Crippen LogP) is 3.69. The van der Waals surface area contributed by atoms with Crippen LogP contribution in [0.15, 0.2) is 12.1 Å². The minimum atomic E-state index is -0.837.